The third kappa shape index (κ3) is 4.48. The Balaban J connectivity index is 1.43. The summed E-state index contributed by atoms with van der Waals surface area (Å²) in [5, 5.41) is 3.01. The molecule has 0 saturated carbocycles. The number of benzene rings is 2. The predicted octanol–water partition coefficient (Wildman–Crippen LogP) is 1.83. The van der Waals surface area contributed by atoms with Crippen LogP contribution in [0.5, 0.6) is 0 Å². The van der Waals surface area contributed by atoms with Crippen molar-refractivity contribution in [3.05, 3.63) is 98.5 Å². The lowest BCUT2D eigenvalue weighted by Crippen LogP contribution is -2.29. The summed E-state index contributed by atoms with van der Waals surface area (Å²) in [5.41, 5.74) is 1.72. The highest BCUT2D eigenvalue weighted by atomic mass is 16.2. The molecule has 158 valence electrons. The van der Waals surface area contributed by atoms with Crippen molar-refractivity contribution in [3.63, 3.8) is 0 Å². The van der Waals surface area contributed by atoms with Crippen LogP contribution in [0.3, 0.4) is 0 Å². The number of H-pyrrole nitrogens is 2. The van der Waals surface area contributed by atoms with Gasteiger partial charge in [0.25, 0.3) is 5.56 Å². The van der Waals surface area contributed by atoms with E-state index in [-0.39, 0.29) is 29.4 Å². The summed E-state index contributed by atoms with van der Waals surface area (Å²) >= 11 is 0. The number of fused-ring (bicyclic) bond motifs is 1. The van der Waals surface area contributed by atoms with E-state index in [1.165, 1.54) is 11.6 Å². The van der Waals surface area contributed by atoms with E-state index in [9.17, 15) is 14.4 Å². The van der Waals surface area contributed by atoms with Gasteiger partial charge in [-0.1, -0.05) is 60.7 Å². The van der Waals surface area contributed by atoms with Gasteiger partial charge in [0.1, 0.15) is 11.3 Å². The molecular formula is C23H23N5O3. The van der Waals surface area contributed by atoms with Crippen LogP contribution in [-0.2, 0) is 18.3 Å². The molecule has 2 aromatic carbocycles. The van der Waals surface area contributed by atoms with Crippen LogP contribution in [-0.4, -0.2) is 32.0 Å². The lowest BCUT2D eigenvalue weighted by Gasteiger charge is -2.18. The highest BCUT2D eigenvalue weighted by molar-refractivity contribution is 5.76. The first-order chi connectivity index (χ1) is 15.0. The van der Waals surface area contributed by atoms with Crippen molar-refractivity contribution in [1.82, 2.24) is 24.8 Å². The summed E-state index contributed by atoms with van der Waals surface area (Å²) in [6, 6.07) is 20.1. The van der Waals surface area contributed by atoms with E-state index in [1.807, 2.05) is 36.4 Å². The van der Waals surface area contributed by atoms with E-state index in [2.05, 4.69) is 44.5 Å². The van der Waals surface area contributed by atoms with Gasteiger partial charge >= 0.3 is 5.69 Å². The first kappa shape index (κ1) is 20.3. The first-order valence-corrected chi connectivity index (χ1v) is 10.1. The monoisotopic (exact) mass is 417 g/mol. The van der Waals surface area contributed by atoms with Crippen LogP contribution in [0.25, 0.3) is 11.2 Å². The number of hydrogen-bond donors (Lipinski definition) is 3. The molecule has 0 aliphatic heterocycles. The molecule has 0 spiro atoms. The summed E-state index contributed by atoms with van der Waals surface area (Å²) in [6.07, 6.45) is 0.539. The second-order valence-corrected chi connectivity index (χ2v) is 7.38. The molecule has 8 nitrogen and oxygen atoms in total. The number of aromatic amines is 2. The third-order valence-corrected chi connectivity index (χ3v) is 5.30. The molecule has 4 aromatic rings. The van der Waals surface area contributed by atoms with Crippen molar-refractivity contribution in [2.24, 2.45) is 7.05 Å². The van der Waals surface area contributed by atoms with Crippen molar-refractivity contribution < 1.29 is 4.79 Å². The van der Waals surface area contributed by atoms with Crippen LogP contribution in [0.1, 0.15) is 29.3 Å². The fourth-order valence-electron chi connectivity index (χ4n) is 3.61. The number of hydrogen-bond acceptors (Lipinski definition) is 4. The number of carbonyl (C=O) groups is 1. The van der Waals surface area contributed by atoms with Crippen LogP contribution in [0, 0.1) is 0 Å². The fourth-order valence-corrected chi connectivity index (χ4v) is 3.61. The number of amides is 1. The maximum absolute atomic E-state index is 12.5. The summed E-state index contributed by atoms with van der Waals surface area (Å²) in [7, 11) is 1.53. The molecule has 4 rings (SSSR count). The van der Waals surface area contributed by atoms with Gasteiger partial charge in [-0.2, -0.15) is 0 Å². The Morgan fingerprint density at radius 1 is 1.00 bits per heavy atom. The van der Waals surface area contributed by atoms with E-state index >= 15 is 0 Å². The molecule has 0 atom stereocenters. The van der Waals surface area contributed by atoms with Gasteiger partial charge in [0.05, 0.1) is 0 Å². The van der Waals surface area contributed by atoms with E-state index < -0.39 is 11.2 Å². The van der Waals surface area contributed by atoms with Crippen LogP contribution >= 0.6 is 0 Å². The molecule has 2 heterocycles. The number of aryl methyl sites for hydroxylation is 2. The first-order valence-electron chi connectivity index (χ1n) is 10.1. The smallest absolute Gasteiger partial charge is 0.329 e. The van der Waals surface area contributed by atoms with Crippen molar-refractivity contribution in [1.29, 1.82) is 0 Å². The van der Waals surface area contributed by atoms with Gasteiger partial charge in [0.15, 0.2) is 5.65 Å². The molecule has 0 fully saturated rings. The van der Waals surface area contributed by atoms with Gasteiger partial charge in [-0.3, -0.25) is 19.1 Å². The van der Waals surface area contributed by atoms with E-state index in [0.717, 1.165) is 11.1 Å². The lowest BCUT2D eigenvalue weighted by atomic mass is 9.91. The van der Waals surface area contributed by atoms with Gasteiger partial charge < -0.3 is 10.3 Å². The minimum atomic E-state index is -0.527. The number of nitrogens with one attached hydrogen (secondary N) is 3. The normalized spacial score (nSPS) is 11.2. The summed E-state index contributed by atoms with van der Waals surface area (Å²) in [4.78, 5) is 45.6. The Bertz CT molecular complexity index is 1270. The Kier molecular flexibility index (Phi) is 5.79. The molecule has 8 heteroatoms. The highest BCUT2D eigenvalue weighted by Gasteiger charge is 2.16. The van der Waals surface area contributed by atoms with Crippen LogP contribution in [0.4, 0.5) is 0 Å². The van der Waals surface area contributed by atoms with Crippen molar-refractivity contribution in [2.45, 2.75) is 18.8 Å². The molecular weight excluding hydrogens is 394 g/mol. The minimum Gasteiger partial charge on any atom is -0.355 e. The number of carbonyl (C=O) groups excluding carboxylic acids is 1. The quantitative estimate of drug-likeness (QED) is 0.426. The number of nitrogens with zero attached hydrogens (tertiary/aromatic N) is 2. The second-order valence-electron chi connectivity index (χ2n) is 7.38. The molecule has 0 aliphatic carbocycles. The van der Waals surface area contributed by atoms with Crippen LogP contribution < -0.4 is 16.6 Å². The maximum Gasteiger partial charge on any atom is 0.329 e. The Morgan fingerprint density at radius 2 is 1.61 bits per heavy atom. The van der Waals surface area contributed by atoms with Crippen molar-refractivity contribution in [3.8, 4) is 0 Å². The van der Waals surface area contributed by atoms with E-state index in [0.29, 0.717) is 18.8 Å². The summed E-state index contributed by atoms with van der Waals surface area (Å²) in [6.45, 7) is 0.473. The third-order valence-electron chi connectivity index (χ3n) is 5.30. The molecule has 31 heavy (non-hydrogen) atoms. The Hall–Kier alpha value is -3.94. The Morgan fingerprint density at radius 3 is 2.23 bits per heavy atom. The highest BCUT2D eigenvalue weighted by Crippen LogP contribution is 2.23. The van der Waals surface area contributed by atoms with Gasteiger partial charge in [0.2, 0.25) is 5.91 Å². The zero-order chi connectivity index (χ0) is 21.8. The standard InChI is InChI=1S/C23H23N5O3/c1-28-21-20(22(30)27-23(28)31)25-18(26-21)12-13-19(29)24-14-17(15-8-4-2-5-9-15)16-10-6-3-7-11-16/h2-11,17H,12-14H2,1H3,(H,24,29)(H,25,26)(H,27,30,31). The topological polar surface area (TPSA) is 113 Å². The Labute approximate surface area is 178 Å². The molecule has 3 N–H and O–H groups in total. The van der Waals surface area contributed by atoms with Crippen LogP contribution in [0.15, 0.2) is 70.3 Å². The molecule has 2 aromatic heterocycles. The summed E-state index contributed by atoms with van der Waals surface area (Å²) in [5.74, 6) is 0.422. The number of imidazole rings is 1. The maximum atomic E-state index is 12.5. The molecule has 0 bridgehead atoms. The molecule has 0 unspecified atom stereocenters. The van der Waals surface area contributed by atoms with E-state index in [1.54, 1.807) is 0 Å². The predicted molar refractivity (Wildman–Crippen MR) is 118 cm³/mol. The minimum absolute atomic E-state index is 0.0469. The number of aromatic nitrogens is 4. The van der Waals surface area contributed by atoms with Gasteiger partial charge in [-0.05, 0) is 11.1 Å². The van der Waals surface area contributed by atoms with Gasteiger partial charge in [-0.15, -0.1) is 0 Å². The van der Waals surface area contributed by atoms with Gasteiger partial charge in [-0.25, -0.2) is 9.78 Å². The summed E-state index contributed by atoms with van der Waals surface area (Å²) < 4.78 is 1.27. The molecule has 1 amide bonds. The molecule has 0 radical (unpaired) electrons. The number of rotatable bonds is 7. The largest absolute Gasteiger partial charge is 0.355 e. The van der Waals surface area contributed by atoms with Crippen molar-refractivity contribution in [2.75, 3.05) is 6.54 Å². The van der Waals surface area contributed by atoms with Gasteiger partial charge in [0, 0.05) is 32.4 Å². The SMILES string of the molecule is Cn1c(=O)[nH]c(=O)c2[nH]c(CCC(=O)NCC(c3ccccc3)c3ccccc3)nc21. The molecule has 0 aliphatic rings. The average molecular weight is 417 g/mol. The van der Waals surface area contributed by atoms with Crippen molar-refractivity contribution >= 4 is 17.1 Å². The fraction of sp³-hybridized carbons (Fsp3) is 0.217. The van der Waals surface area contributed by atoms with E-state index in [4.69, 9.17) is 0 Å². The average Bonchev–Trinajstić information content (AvgIpc) is 3.23. The zero-order valence-corrected chi connectivity index (χ0v) is 17.1. The second kappa shape index (κ2) is 8.83. The molecule has 0 saturated heterocycles. The van der Waals surface area contributed by atoms with Crippen LogP contribution in [0.2, 0.25) is 0 Å². The zero-order valence-electron chi connectivity index (χ0n) is 17.1. The lowest BCUT2D eigenvalue weighted by molar-refractivity contribution is -0.121.